The molecule has 0 saturated heterocycles. The number of nitrogens with zero attached hydrogens (tertiary/aromatic N) is 1. The van der Waals surface area contributed by atoms with E-state index in [9.17, 15) is 4.39 Å². The summed E-state index contributed by atoms with van der Waals surface area (Å²) in [6.45, 7) is 0.372. The number of nitrogens with one attached hydrogen (secondary N) is 2. The Balaban J connectivity index is 1.86. The molecule has 0 aliphatic rings. The molecule has 2 N–H and O–H groups in total. The van der Waals surface area contributed by atoms with Crippen LogP contribution in [0.1, 0.15) is 5.56 Å². The fraction of sp³-hybridized carbons (Fsp3) is 0.0714. The molecule has 96 valence electrons. The molecule has 5 heteroatoms. The fourth-order valence-corrected chi connectivity index (χ4v) is 2.19. The van der Waals surface area contributed by atoms with Gasteiger partial charge in [0.25, 0.3) is 0 Å². The van der Waals surface area contributed by atoms with Gasteiger partial charge in [-0.15, -0.1) is 0 Å². The van der Waals surface area contributed by atoms with Gasteiger partial charge in [0.15, 0.2) is 0 Å². The Kier molecular flexibility index (Phi) is 3.09. The van der Waals surface area contributed by atoms with Crippen molar-refractivity contribution in [2.24, 2.45) is 0 Å². The zero-order valence-electron chi connectivity index (χ0n) is 9.95. The number of hydrogen-bond donors (Lipinski definition) is 2. The zero-order valence-corrected chi connectivity index (χ0v) is 10.7. The van der Waals surface area contributed by atoms with E-state index < -0.39 is 0 Å². The van der Waals surface area contributed by atoms with Crippen LogP contribution in [0.25, 0.3) is 10.9 Å². The van der Waals surface area contributed by atoms with Gasteiger partial charge in [0.1, 0.15) is 5.82 Å². The molecule has 0 atom stereocenters. The smallest absolute Gasteiger partial charge is 0.128 e. The first-order valence-corrected chi connectivity index (χ1v) is 6.22. The largest absolute Gasteiger partial charge is 0.380 e. The number of benzene rings is 2. The van der Waals surface area contributed by atoms with Gasteiger partial charge in [0.2, 0.25) is 0 Å². The number of aromatic amines is 1. The molecule has 19 heavy (non-hydrogen) atoms. The second-order valence-electron chi connectivity index (χ2n) is 4.23. The van der Waals surface area contributed by atoms with E-state index in [-0.39, 0.29) is 5.82 Å². The minimum absolute atomic E-state index is 0.267. The molecule has 0 aliphatic carbocycles. The summed E-state index contributed by atoms with van der Waals surface area (Å²) in [6.07, 6.45) is 1.74. The molecule has 3 rings (SSSR count). The number of aromatic nitrogens is 2. The second kappa shape index (κ2) is 4.90. The van der Waals surface area contributed by atoms with E-state index in [1.807, 2.05) is 18.2 Å². The molecule has 0 unspecified atom stereocenters. The molecule has 1 heterocycles. The first-order valence-electron chi connectivity index (χ1n) is 5.84. The maximum atomic E-state index is 13.6. The number of hydrogen-bond acceptors (Lipinski definition) is 2. The number of anilines is 1. The lowest BCUT2D eigenvalue weighted by Crippen LogP contribution is -2.02. The van der Waals surface area contributed by atoms with Crippen LogP contribution in [0.4, 0.5) is 10.1 Å². The molecule has 0 saturated carbocycles. The molecular formula is C14H11ClFN3. The summed E-state index contributed by atoms with van der Waals surface area (Å²) in [6, 6.07) is 10.3. The van der Waals surface area contributed by atoms with E-state index in [1.165, 1.54) is 12.1 Å². The molecule has 3 aromatic rings. The quantitative estimate of drug-likeness (QED) is 0.759. The summed E-state index contributed by atoms with van der Waals surface area (Å²) in [7, 11) is 0. The van der Waals surface area contributed by atoms with Gasteiger partial charge in [-0.25, -0.2) is 4.39 Å². The number of fused-ring (bicyclic) bond motifs is 1. The van der Waals surface area contributed by atoms with Gasteiger partial charge in [-0.05, 0) is 30.3 Å². The highest BCUT2D eigenvalue weighted by Crippen LogP contribution is 2.22. The number of halogens is 2. The number of rotatable bonds is 3. The van der Waals surface area contributed by atoms with Crippen molar-refractivity contribution < 1.29 is 4.39 Å². The van der Waals surface area contributed by atoms with E-state index in [2.05, 4.69) is 15.5 Å². The third-order valence-corrected chi connectivity index (χ3v) is 3.20. The predicted molar refractivity (Wildman–Crippen MR) is 74.8 cm³/mol. The van der Waals surface area contributed by atoms with Crippen LogP contribution >= 0.6 is 11.6 Å². The summed E-state index contributed by atoms with van der Waals surface area (Å²) >= 11 is 5.87. The van der Waals surface area contributed by atoms with Crippen LogP contribution in [0.5, 0.6) is 0 Å². The Morgan fingerprint density at radius 1 is 1.26 bits per heavy atom. The summed E-state index contributed by atoms with van der Waals surface area (Å²) in [4.78, 5) is 0. The van der Waals surface area contributed by atoms with Crippen LogP contribution in [0.3, 0.4) is 0 Å². The van der Waals surface area contributed by atoms with Crippen molar-refractivity contribution in [3.05, 3.63) is 59.0 Å². The molecule has 3 nitrogen and oxygen atoms in total. The lowest BCUT2D eigenvalue weighted by molar-refractivity contribution is 0.613. The van der Waals surface area contributed by atoms with Crippen LogP contribution in [-0.2, 0) is 6.54 Å². The van der Waals surface area contributed by atoms with Crippen LogP contribution in [0.2, 0.25) is 5.02 Å². The Morgan fingerprint density at radius 2 is 2.16 bits per heavy atom. The summed E-state index contributed by atoms with van der Waals surface area (Å²) in [5.41, 5.74) is 2.38. The minimum atomic E-state index is -0.267. The predicted octanol–water partition coefficient (Wildman–Crippen LogP) is 3.97. The molecule has 2 aromatic carbocycles. The Morgan fingerprint density at radius 3 is 3.05 bits per heavy atom. The van der Waals surface area contributed by atoms with E-state index in [4.69, 9.17) is 11.6 Å². The molecule has 0 spiro atoms. The van der Waals surface area contributed by atoms with Crippen LogP contribution in [-0.4, -0.2) is 10.2 Å². The summed E-state index contributed by atoms with van der Waals surface area (Å²) in [5.74, 6) is -0.267. The van der Waals surface area contributed by atoms with Crippen molar-refractivity contribution in [2.45, 2.75) is 6.54 Å². The highest BCUT2D eigenvalue weighted by Gasteiger charge is 2.05. The topological polar surface area (TPSA) is 40.7 Å². The van der Waals surface area contributed by atoms with Crippen molar-refractivity contribution in [2.75, 3.05) is 5.32 Å². The van der Waals surface area contributed by atoms with Crippen molar-refractivity contribution >= 4 is 28.2 Å². The van der Waals surface area contributed by atoms with E-state index in [0.717, 1.165) is 16.6 Å². The Hall–Kier alpha value is -2.07. The van der Waals surface area contributed by atoms with Gasteiger partial charge in [0.05, 0.1) is 11.7 Å². The molecule has 0 radical (unpaired) electrons. The average molecular weight is 276 g/mol. The van der Waals surface area contributed by atoms with Gasteiger partial charge in [-0.3, -0.25) is 5.10 Å². The SMILES string of the molecule is Fc1ccc(Cl)cc1CNc1cccc2[nH]ncc12. The summed E-state index contributed by atoms with van der Waals surface area (Å²) in [5, 5.41) is 11.6. The van der Waals surface area contributed by atoms with Gasteiger partial charge < -0.3 is 5.32 Å². The zero-order chi connectivity index (χ0) is 13.2. The van der Waals surface area contributed by atoms with E-state index in [1.54, 1.807) is 12.3 Å². The maximum Gasteiger partial charge on any atom is 0.128 e. The molecule has 1 aromatic heterocycles. The standard InChI is InChI=1S/C14H11ClFN3/c15-10-4-5-12(16)9(6-10)7-17-13-2-1-3-14-11(13)8-18-19-14/h1-6,8,17H,7H2,(H,18,19). The van der Waals surface area contributed by atoms with Crippen molar-refractivity contribution in [3.63, 3.8) is 0 Å². The molecular weight excluding hydrogens is 265 g/mol. The second-order valence-corrected chi connectivity index (χ2v) is 4.66. The lowest BCUT2D eigenvalue weighted by atomic mass is 10.2. The van der Waals surface area contributed by atoms with Crippen LogP contribution in [0.15, 0.2) is 42.6 Å². The molecule has 0 bridgehead atoms. The van der Waals surface area contributed by atoms with Crippen LogP contribution < -0.4 is 5.32 Å². The van der Waals surface area contributed by atoms with Gasteiger partial charge in [0, 0.05) is 28.2 Å². The molecule has 0 amide bonds. The van der Waals surface area contributed by atoms with Gasteiger partial charge in [-0.1, -0.05) is 17.7 Å². The molecule has 0 aliphatic heterocycles. The van der Waals surface area contributed by atoms with Crippen LogP contribution in [0, 0.1) is 5.82 Å². The fourth-order valence-electron chi connectivity index (χ4n) is 1.99. The maximum absolute atomic E-state index is 13.6. The molecule has 0 fully saturated rings. The first-order chi connectivity index (χ1) is 9.24. The van der Waals surface area contributed by atoms with E-state index >= 15 is 0 Å². The van der Waals surface area contributed by atoms with E-state index in [0.29, 0.717) is 17.1 Å². The minimum Gasteiger partial charge on any atom is -0.380 e. The third-order valence-electron chi connectivity index (χ3n) is 2.96. The van der Waals surface area contributed by atoms with Crippen molar-refractivity contribution in [1.29, 1.82) is 0 Å². The third kappa shape index (κ3) is 2.39. The highest BCUT2D eigenvalue weighted by atomic mass is 35.5. The number of H-pyrrole nitrogens is 1. The summed E-state index contributed by atoms with van der Waals surface area (Å²) < 4.78 is 13.6. The normalized spacial score (nSPS) is 10.8. The van der Waals surface area contributed by atoms with Gasteiger partial charge >= 0.3 is 0 Å². The Labute approximate surface area is 114 Å². The Bertz CT molecular complexity index is 724. The van der Waals surface area contributed by atoms with Gasteiger partial charge in [-0.2, -0.15) is 5.10 Å². The van der Waals surface area contributed by atoms with Crippen molar-refractivity contribution in [1.82, 2.24) is 10.2 Å². The monoisotopic (exact) mass is 275 g/mol. The average Bonchev–Trinajstić information content (AvgIpc) is 2.88. The first kappa shape index (κ1) is 12.0. The lowest BCUT2D eigenvalue weighted by Gasteiger charge is -2.08. The van der Waals surface area contributed by atoms with Crippen molar-refractivity contribution in [3.8, 4) is 0 Å². The highest BCUT2D eigenvalue weighted by molar-refractivity contribution is 6.30.